The minimum absolute atomic E-state index is 0.0627. The van der Waals surface area contributed by atoms with E-state index < -0.39 is 15.9 Å². The molecule has 2 N–H and O–H groups in total. The summed E-state index contributed by atoms with van der Waals surface area (Å²) in [7, 11) is -3.73. The fourth-order valence-electron chi connectivity index (χ4n) is 2.19. The summed E-state index contributed by atoms with van der Waals surface area (Å²) in [4.78, 5) is 0. The predicted molar refractivity (Wildman–Crippen MR) is 68.2 cm³/mol. The zero-order valence-corrected chi connectivity index (χ0v) is 11.2. The van der Waals surface area contributed by atoms with Crippen molar-refractivity contribution in [1.29, 1.82) is 0 Å². The first-order valence-electron chi connectivity index (χ1n) is 5.55. The number of nitrogens with two attached hydrogens (primary N) is 1. The van der Waals surface area contributed by atoms with Gasteiger partial charge in [-0.1, -0.05) is 29.8 Å². The Hall–Kier alpha value is -0.690. The fourth-order valence-corrected chi connectivity index (χ4v) is 3.19. The lowest BCUT2D eigenvalue weighted by Crippen LogP contribution is -2.46. The van der Waals surface area contributed by atoms with E-state index in [4.69, 9.17) is 16.7 Å². The average Bonchev–Trinajstić information content (AvgIpc) is 2.28. The summed E-state index contributed by atoms with van der Waals surface area (Å²) in [6.07, 6.45) is 0.125. The van der Waals surface area contributed by atoms with E-state index in [-0.39, 0.29) is 25.9 Å². The second-order valence-electron chi connectivity index (χ2n) is 4.39. The maximum absolute atomic E-state index is 14.8. The van der Waals surface area contributed by atoms with Crippen LogP contribution in [0.1, 0.15) is 18.4 Å². The van der Waals surface area contributed by atoms with Crippen LogP contribution in [0.3, 0.4) is 0 Å². The van der Waals surface area contributed by atoms with Crippen molar-refractivity contribution in [1.82, 2.24) is 4.31 Å². The van der Waals surface area contributed by atoms with Crippen LogP contribution < -0.4 is 5.14 Å². The van der Waals surface area contributed by atoms with Crippen molar-refractivity contribution in [3.63, 3.8) is 0 Å². The monoisotopic (exact) mass is 292 g/mol. The first kappa shape index (κ1) is 13.7. The third kappa shape index (κ3) is 2.66. The Kier molecular flexibility index (Phi) is 3.64. The van der Waals surface area contributed by atoms with Crippen molar-refractivity contribution in [2.45, 2.75) is 18.5 Å². The SMILES string of the molecule is NS(=O)(=O)N1CCC(F)(c2ccccc2Cl)CC1. The molecule has 1 heterocycles. The topological polar surface area (TPSA) is 63.4 Å². The minimum Gasteiger partial charge on any atom is -0.239 e. The maximum Gasteiger partial charge on any atom is 0.276 e. The van der Waals surface area contributed by atoms with Gasteiger partial charge in [-0.15, -0.1) is 0 Å². The van der Waals surface area contributed by atoms with Gasteiger partial charge in [0.1, 0.15) is 5.67 Å². The van der Waals surface area contributed by atoms with E-state index in [2.05, 4.69) is 0 Å². The Morgan fingerprint density at radius 1 is 1.28 bits per heavy atom. The predicted octanol–water partition coefficient (Wildman–Crippen LogP) is 1.80. The molecule has 0 radical (unpaired) electrons. The van der Waals surface area contributed by atoms with Crippen LogP contribution in [0.5, 0.6) is 0 Å². The van der Waals surface area contributed by atoms with Crippen LogP contribution in [-0.2, 0) is 15.9 Å². The van der Waals surface area contributed by atoms with Crippen molar-refractivity contribution in [2.75, 3.05) is 13.1 Å². The summed E-state index contributed by atoms with van der Waals surface area (Å²) in [5.41, 5.74) is -1.17. The lowest BCUT2D eigenvalue weighted by atomic mass is 9.87. The summed E-state index contributed by atoms with van der Waals surface area (Å²) in [6, 6.07) is 6.71. The number of halogens is 2. The molecule has 1 aromatic rings. The van der Waals surface area contributed by atoms with Gasteiger partial charge in [-0.2, -0.15) is 12.7 Å². The van der Waals surface area contributed by atoms with Gasteiger partial charge in [-0.25, -0.2) is 9.53 Å². The van der Waals surface area contributed by atoms with Crippen LogP contribution in [0.15, 0.2) is 24.3 Å². The van der Waals surface area contributed by atoms with E-state index >= 15 is 0 Å². The Labute approximate surface area is 111 Å². The lowest BCUT2D eigenvalue weighted by Gasteiger charge is -2.35. The quantitative estimate of drug-likeness (QED) is 0.903. The van der Waals surface area contributed by atoms with Gasteiger partial charge in [-0.3, -0.25) is 0 Å². The Morgan fingerprint density at radius 3 is 2.33 bits per heavy atom. The third-order valence-corrected chi connectivity index (χ3v) is 4.65. The molecule has 0 unspecified atom stereocenters. The molecule has 1 saturated heterocycles. The van der Waals surface area contributed by atoms with Crippen LogP contribution in [0.2, 0.25) is 5.02 Å². The zero-order chi connectivity index (χ0) is 13.4. The van der Waals surface area contributed by atoms with Crippen molar-refractivity contribution in [3.05, 3.63) is 34.9 Å². The number of rotatable bonds is 2. The Morgan fingerprint density at radius 2 is 1.83 bits per heavy atom. The molecule has 0 spiro atoms. The Balaban J connectivity index is 2.20. The van der Waals surface area contributed by atoms with Crippen LogP contribution >= 0.6 is 11.6 Å². The molecule has 0 saturated carbocycles. The number of benzene rings is 1. The summed E-state index contributed by atoms with van der Waals surface area (Å²) in [6.45, 7) is 0.140. The molecular weight excluding hydrogens is 279 g/mol. The van der Waals surface area contributed by atoms with Gasteiger partial charge in [0, 0.05) is 23.7 Å². The van der Waals surface area contributed by atoms with Crippen LogP contribution in [-0.4, -0.2) is 25.8 Å². The van der Waals surface area contributed by atoms with Crippen molar-refractivity contribution in [2.24, 2.45) is 5.14 Å². The highest BCUT2D eigenvalue weighted by atomic mass is 35.5. The van der Waals surface area contributed by atoms with Crippen LogP contribution in [0.25, 0.3) is 0 Å². The van der Waals surface area contributed by atoms with Gasteiger partial charge in [-0.05, 0) is 18.9 Å². The van der Waals surface area contributed by atoms with E-state index in [9.17, 15) is 12.8 Å². The van der Waals surface area contributed by atoms with Gasteiger partial charge >= 0.3 is 0 Å². The van der Waals surface area contributed by atoms with Gasteiger partial charge in [0.2, 0.25) is 0 Å². The molecule has 2 rings (SSSR count). The minimum atomic E-state index is -3.73. The maximum atomic E-state index is 14.8. The van der Waals surface area contributed by atoms with Crippen LogP contribution in [0, 0.1) is 0 Å². The molecule has 0 amide bonds. The standard InChI is InChI=1S/C11H14ClFN2O2S/c12-10-4-2-1-3-9(10)11(13)5-7-15(8-6-11)18(14,16)17/h1-4H,5-8H2,(H2,14,16,17). The molecular formula is C11H14ClFN2O2S. The zero-order valence-electron chi connectivity index (χ0n) is 9.64. The lowest BCUT2D eigenvalue weighted by molar-refractivity contribution is 0.0871. The number of alkyl halides is 1. The third-order valence-electron chi connectivity index (χ3n) is 3.23. The van der Waals surface area contributed by atoms with E-state index in [1.807, 2.05) is 0 Å². The summed E-state index contributed by atoms with van der Waals surface area (Å²) < 4.78 is 38.2. The normalized spacial score (nSPS) is 20.8. The van der Waals surface area contributed by atoms with Gasteiger partial charge < -0.3 is 0 Å². The van der Waals surface area contributed by atoms with E-state index in [0.29, 0.717) is 10.6 Å². The number of hydrogen-bond donors (Lipinski definition) is 1. The Bertz CT molecular complexity index is 542. The summed E-state index contributed by atoms with van der Waals surface area (Å²) >= 11 is 5.98. The van der Waals surface area contributed by atoms with Crippen molar-refractivity contribution >= 4 is 21.8 Å². The molecule has 4 nitrogen and oxygen atoms in total. The molecule has 1 aliphatic heterocycles. The molecule has 1 aliphatic rings. The van der Waals surface area contributed by atoms with Gasteiger partial charge in [0.05, 0.1) is 0 Å². The smallest absolute Gasteiger partial charge is 0.239 e. The van der Waals surface area contributed by atoms with E-state index in [1.54, 1.807) is 24.3 Å². The molecule has 18 heavy (non-hydrogen) atoms. The van der Waals surface area contributed by atoms with Crippen LogP contribution in [0.4, 0.5) is 4.39 Å². The number of hydrogen-bond acceptors (Lipinski definition) is 2. The molecule has 1 fully saturated rings. The van der Waals surface area contributed by atoms with Crippen molar-refractivity contribution in [3.8, 4) is 0 Å². The molecule has 0 aliphatic carbocycles. The second kappa shape index (κ2) is 4.77. The highest BCUT2D eigenvalue weighted by Crippen LogP contribution is 2.40. The fraction of sp³-hybridized carbons (Fsp3) is 0.455. The molecule has 0 aromatic heterocycles. The largest absolute Gasteiger partial charge is 0.276 e. The van der Waals surface area contributed by atoms with Gasteiger partial charge in [0.15, 0.2) is 0 Å². The van der Waals surface area contributed by atoms with Crippen molar-refractivity contribution < 1.29 is 12.8 Å². The number of nitrogens with zero attached hydrogens (tertiary/aromatic N) is 1. The van der Waals surface area contributed by atoms with Gasteiger partial charge in [0.25, 0.3) is 10.2 Å². The highest BCUT2D eigenvalue weighted by Gasteiger charge is 2.39. The molecule has 7 heteroatoms. The highest BCUT2D eigenvalue weighted by molar-refractivity contribution is 7.86. The first-order valence-corrected chi connectivity index (χ1v) is 7.43. The van der Waals surface area contributed by atoms with E-state index in [1.165, 1.54) is 0 Å². The summed E-state index contributed by atoms with van der Waals surface area (Å²) in [5, 5.41) is 5.38. The summed E-state index contributed by atoms with van der Waals surface area (Å²) in [5.74, 6) is 0. The second-order valence-corrected chi connectivity index (χ2v) is 6.34. The number of piperidine rings is 1. The molecule has 0 bridgehead atoms. The van der Waals surface area contributed by atoms with E-state index in [0.717, 1.165) is 4.31 Å². The first-order chi connectivity index (χ1) is 8.33. The molecule has 0 atom stereocenters. The molecule has 1 aromatic carbocycles. The average molecular weight is 293 g/mol. The molecule has 100 valence electrons.